The van der Waals surface area contributed by atoms with Crippen molar-refractivity contribution in [2.45, 2.75) is 27.6 Å². The zero-order chi connectivity index (χ0) is 16.9. The van der Waals surface area contributed by atoms with Gasteiger partial charge in [-0.25, -0.2) is 0 Å². The standard InChI is InChI=1S/C12H4Cl10/c13-7-4-2-1-3-5-6(4)8(14,11(19,20)9(5,15)16)12(21,22)10(7,17)18/h1-3,7H. The van der Waals surface area contributed by atoms with Crippen LogP contribution >= 0.6 is 116 Å². The van der Waals surface area contributed by atoms with Gasteiger partial charge in [-0.1, -0.05) is 111 Å². The maximum atomic E-state index is 6.74. The van der Waals surface area contributed by atoms with Crippen LogP contribution in [0.25, 0.3) is 0 Å². The van der Waals surface area contributed by atoms with E-state index in [2.05, 4.69) is 0 Å². The van der Waals surface area contributed by atoms with Gasteiger partial charge in [0.15, 0.2) is 17.3 Å². The summed E-state index contributed by atoms with van der Waals surface area (Å²) in [6.45, 7) is 0. The molecule has 0 saturated carbocycles. The van der Waals surface area contributed by atoms with Crippen molar-refractivity contribution >= 4 is 116 Å². The van der Waals surface area contributed by atoms with Crippen LogP contribution in [-0.2, 0) is 9.21 Å². The summed E-state index contributed by atoms with van der Waals surface area (Å²) in [5.74, 6) is 0. The Kier molecular flexibility index (Phi) is 4.38. The van der Waals surface area contributed by atoms with Gasteiger partial charge < -0.3 is 0 Å². The van der Waals surface area contributed by atoms with Crippen LogP contribution in [0.1, 0.15) is 22.1 Å². The molecule has 0 nitrogen and oxygen atoms in total. The Morgan fingerprint density at radius 3 is 1.86 bits per heavy atom. The molecule has 1 aromatic rings. The molecule has 0 aliphatic heterocycles. The van der Waals surface area contributed by atoms with Gasteiger partial charge in [0.2, 0.25) is 0 Å². The Bertz CT molecular complexity index is 664. The fourth-order valence-corrected chi connectivity index (χ4v) is 6.74. The quantitative estimate of drug-likeness (QED) is 0.321. The number of hydrogen-bond donors (Lipinski definition) is 0. The summed E-state index contributed by atoms with van der Waals surface area (Å²) in [7, 11) is 0. The summed E-state index contributed by atoms with van der Waals surface area (Å²) in [4.78, 5) is -1.89. The molecular weight excluding hydrogens is 499 g/mol. The van der Waals surface area contributed by atoms with Gasteiger partial charge in [-0.05, 0) is 16.7 Å². The molecule has 0 amide bonds. The number of hydrogen-bond acceptors (Lipinski definition) is 0. The summed E-state index contributed by atoms with van der Waals surface area (Å²) < 4.78 is -7.83. The van der Waals surface area contributed by atoms with Gasteiger partial charge in [-0.15, -0.1) is 23.2 Å². The number of benzene rings is 1. The van der Waals surface area contributed by atoms with Crippen molar-refractivity contribution in [2.24, 2.45) is 0 Å². The van der Waals surface area contributed by atoms with Crippen molar-refractivity contribution in [3.8, 4) is 0 Å². The van der Waals surface area contributed by atoms with Crippen LogP contribution in [-0.4, -0.2) is 13.0 Å². The molecular formula is C12H4Cl10. The summed E-state index contributed by atoms with van der Waals surface area (Å²) in [6.07, 6.45) is 0. The van der Waals surface area contributed by atoms with Gasteiger partial charge in [0.05, 0.1) is 5.38 Å². The normalized spacial score (nSPS) is 36.0. The highest BCUT2D eigenvalue weighted by atomic mass is 35.6. The molecule has 2 aliphatic rings. The highest BCUT2D eigenvalue weighted by Gasteiger charge is 2.82. The molecule has 2 unspecified atom stereocenters. The second-order valence-corrected chi connectivity index (χ2v) is 11.5. The van der Waals surface area contributed by atoms with Gasteiger partial charge in [0.1, 0.15) is 4.87 Å². The van der Waals surface area contributed by atoms with Crippen LogP contribution in [0.5, 0.6) is 0 Å². The van der Waals surface area contributed by atoms with Crippen molar-refractivity contribution in [1.29, 1.82) is 0 Å². The maximum absolute atomic E-state index is 6.74. The number of alkyl halides is 10. The molecule has 122 valence electrons. The zero-order valence-corrected chi connectivity index (χ0v) is 17.6. The first kappa shape index (κ1) is 18.9. The lowest BCUT2D eigenvalue weighted by Gasteiger charge is -2.53. The fourth-order valence-electron chi connectivity index (χ4n) is 2.91. The topological polar surface area (TPSA) is 0 Å². The van der Waals surface area contributed by atoms with E-state index in [4.69, 9.17) is 116 Å². The summed E-state index contributed by atoms with van der Waals surface area (Å²) >= 11 is 64.3. The van der Waals surface area contributed by atoms with Gasteiger partial charge >= 0.3 is 0 Å². The monoisotopic (exact) mass is 498 g/mol. The first-order chi connectivity index (χ1) is 9.76. The zero-order valence-electron chi connectivity index (χ0n) is 10.1. The van der Waals surface area contributed by atoms with Crippen LogP contribution in [0, 0.1) is 0 Å². The molecule has 3 rings (SSSR count). The second-order valence-electron chi connectivity index (χ2n) is 5.14. The Morgan fingerprint density at radius 2 is 1.32 bits per heavy atom. The van der Waals surface area contributed by atoms with Crippen LogP contribution in [0.3, 0.4) is 0 Å². The first-order valence-electron chi connectivity index (χ1n) is 5.74. The molecule has 2 atom stereocenters. The molecule has 0 radical (unpaired) electrons. The lowest BCUT2D eigenvalue weighted by molar-refractivity contribution is 0.410. The van der Waals surface area contributed by atoms with Crippen molar-refractivity contribution in [1.82, 2.24) is 0 Å². The largest absolute Gasteiger partial charge is 0.181 e. The predicted octanol–water partition coefficient (Wildman–Crippen LogP) is 7.58. The average molecular weight is 503 g/mol. The highest BCUT2D eigenvalue weighted by molar-refractivity contribution is 6.72. The summed E-state index contributed by atoms with van der Waals surface area (Å²) in [6, 6.07) is 4.94. The molecule has 2 aliphatic carbocycles. The van der Waals surface area contributed by atoms with Crippen LogP contribution < -0.4 is 0 Å². The van der Waals surface area contributed by atoms with Crippen LogP contribution in [0.15, 0.2) is 18.2 Å². The lowest BCUT2D eigenvalue weighted by atomic mass is 9.81. The third kappa shape index (κ3) is 1.80. The third-order valence-corrected chi connectivity index (χ3v) is 11.0. The highest BCUT2D eigenvalue weighted by Crippen LogP contribution is 2.79. The molecule has 0 heterocycles. The van der Waals surface area contributed by atoms with Gasteiger partial charge in [0.25, 0.3) is 0 Å². The van der Waals surface area contributed by atoms with Crippen molar-refractivity contribution in [2.75, 3.05) is 0 Å². The molecule has 1 aromatic carbocycles. The predicted molar refractivity (Wildman–Crippen MR) is 99.3 cm³/mol. The molecule has 0 bridgehead atoms. The number of rotatable bonds is 0. The Morgan fingerprint density at radius 1 is 0.773 bits per heavy atom. The fraction of sp³-hybridized carbons (Fsp3) is 0.500. The minimum absolute atomic E-state index is 0.341. The number of halogens is 10. The van der Waals surface area contributed by atoms with Crippen molar-refractivity contribution in [3.63, 3.8) is 0 Å². The van der Waals surface area contributed by atoms with Gasteiger partial charge in [-0.3, -0.25) is 0 Å². The van der Waals surface area contributed by atoms with E-state index in [0.717, 1.165) is 0 Å². The minimum Gasteiger partial charge on any atom is -0.114 e. The van der Waals surface area contributed by atoms with E-state index in [9.17, 15) is 0 Å². The molecule has 0 spiro atoms. The minimum atomic E-state index is -2.09. The molecule has 22 heavy (non-hydrogen) atoms. The smallest absolute Gasteiger partial charge is 0.114 e. The second kappa shape index (κ2) is 5.10. The van der Waals surface area contributed by atoms with E-state index >= 15 is 0 Å². The molecule has 10 heteroatoms. The Hall–Kier alpha value is 2.12. The average Bonchev–Trinajstić information content (AvgIpc) is 2.54. The van der Waals surface area contributed by atoms with E-state index in [-0.39, 0.29) is 0 Å². The summed E-state index contributed by atoms with van der Waals surface area (Å²) in [5, 5.41) is -0.987. The van der Waals surface area contributed by atoms with Crippen molar-refractivity contribution < 1.29 is 0 Å². The van der Waals surface area contributed by atoms with Crippen molar-refractivity contribution in [3.05, 3.63) is 34.9 Å². The summed E-state index contributed by atoms with van der Waals surface area (Å²) in [5.41, 5.74) is 1.16. The van der Waals surface area contributed by atoms with E-state index < -0.39 is 27.6 Å². The molecule has 0 fully saturated rings. The maximum Gasteiger partial charge on any atom is 0.181 e. The SMILES string of the molecule is ClC1c2cccc3c2C(Cl)(C(Cl)(Cl)C3(Cl)Cl)C(Cl)(Cl)C1(Cl)Cl. The van der Waals surface area contributed by atoms with Gasteiger partial charge in [-0.2, -0.15) is 0 Å². The molecule has 0 saturated heterocycles. The lowest BCUT2D eigenvalue weighted by Crippen LogP contribution is -2.62. The Balaban J connectivity index is 2.52. The van der Waals surface area contributed by atoms with E-state index in [1.165, 1.54) is 0 Å². The first-order valence-corrected chi connectivity index (χ1v) is 9.58. The van der Waals surface area contributed by atoms with Gasteiger partial charge in [0, 0.05) is 0 Å². The van der Waals surface area contributed by atoms with Crippen LogP contribution in [0.4, 0.5) is 0 Å². The molecule has 0 N–H and O–H groups in total. The van der Waals surface area contributed by atoms with E-state index in [1.807, 2.05) is 0 Å². The molecule has 0 aromatic heterocycles. The van der Waals surface area contributed by atoms with Crippen LogP contribution in [0.2, 0.25) is 0 Å². The Labute approximate surface area is 177 Å². The third-order valence-electron chi connectivity index (χ3n) is 4.05. The van der Waals surface area contributed by atoms with E-state index in [1.54, 1.807) is 18.2 Å². The van der Waals surface area contributed by atoms with E-state index in [0.29, 0.717) is 16.7 Å².